The van der Waals surface area contributed by atoms with Gasteiger partial charge in [-0.15, -0.1) is 0 Å². The van der Waals surface area contributed by atoms with E-state index in [0.29, 0.717) is 10.5 Å². The highest BCUT2D eigenvalue weighted by Crippen LogP contribution is 2.12. The third kappa shape index (κ3) is 1.99. The lowest BCUT2D eigenvalue weighted by molar-refractivity contribution is -0.140. The lowest BCUT2D eigenvalue weighted by Crippen LogP contribution is -2.28. The molecule has 2 rings (SSSR count). The van der Waals surface area contributed by atoms with Gasteiger partial charge < -0.3 is 5.11 Å². The summed E-state index contributed by atoms with van der Waals surface area (Å²) in [6.45, 7) is 1.40. The van der Waals surface area contributed by atoms with E-state index in [4.69, 9.17) is 16.7 Å². The highest BCUT2D eigenvalue weighted by atomic mass is 35.5. The molecule has 88 valence electrons. The second kappa shape index (κ2) is 4.14. The molecule has 7 heteroatoms. The number of fused-ring (bicyclic) bond motifs is 1. The lowest BCUT2D eigenvalue weighted by atomic mass is 10.3. The molecule has 1 atom stereocenters. The summed E-state index contributed by atoms with van der Waals surface area (Å²) < 4.78 is 1.02. The zero-order chi connectivity index (χ0) is 12.6. The number of rotatable bonds is 2. The quantitative estimate of drug-likeness (QED) is 0.866. The van der Waals surface area contributed by atoms with E-state index >= 15 is 0 Å². The fourth-order valence-corrected chi connectivity index (χ4v) is 1.54. The van der Waals surface area contributed by atoms with Gasteiger partial charge in [0.2, 0.25) is 0 Å². The number of nitrogens with zero attached hydrogens (tertiary/aromatic N) is 3. The maximum Gasteiger partial charge on any atom is 0.326 e. The number of aliphatic carboxylic acids is 1. The lowest BCUT2D eigenvalue weighted by Gasteiger charge is -2.09. The molecule has 2 heterocycles. The summed E-state index contributed by atoms with van der Waals surface area (Å²) in [5.41, 5.74) is -0.0529. The largest absolute Gasteiger partial charge is 0.480 e. The van der Waals surface area contributed by atoms with Crippen LogP contribution in [0.1, 0.15) is 13.0 Å². The van der Waals surface area contributed by atoms with Crippen molar-refractivity contribution in [2.45, 2.75) is 13.0 Å². The smallest absolute Gasteiger partial charge is 0.326 e. The molecule has 2 aromatic rings. The summed E-state index contributed by atoms with van der Waals surface area (Å²) in [6, 6.07) is 0.512. The predicted molar refractivity (Wildman–Crippen MR) is 61.2 cm³/mol. The van der Waals surface area contributed by atoms with Gasteiger partial charge >= 0.3 is 5.97 Å². The van der Waals surface area contributed by atoms with Gasteiger partial charge in [-0.25, -0.2) is 14.8 Å². The Bertz CT molecular complexity index is 653. The number of halogens is 1. The van der Waals surface area contributed by atoms with Gasteiger partial charge in [0.1, 0.15) is 6.04 Å². The van der Waals surface area contributed by atoms with E-state index in [1.807, 2.05) is 0 Å². The topological polar surface area (TPSA) is 85.1 Å². The maximum atomic E-state index is 11.9. The molecule has 0 unspecified atom stereocenters. The Hall–Kier alpha value is -1.95. The molecule has 0 spiro atoms. The molecular weight excluding hydrogens is 246 g/mol. The zero-order valence-electron chi connectivity index (χ0n) is 8.79. The SMILES string of the molecule is C[C@H](C(=O)O)n1cnc2cc(Cl)cnc2c1=O. The third-order valence-corrected chi connectivity index (χ3v) is 2.57. The summed E-state index contributed by atoms with van der Waals surface area (Å²) in [5.74, 6) is -1.11. The summed E-state index contributed by atoms with van der Waals surface area (Å²) in [4.78, 5) is 30.6. The number of aromatic nitrogens is 3. The van der Waals surface area contributed by atoms with Gasteiger partial charge in [-0.3, -0.25) is 9.36 Å². The van der Waals surface area contributed by atoms with E-state index in [1.165, 1.54) is 25.5 Å². The Morgan fingerprint density at radius 3 is 2.88 bits per heavy atom. The maximum absolute atomic E-state index is 11.9. The molecule has 1 N–H and O–H groups in total. The van der Waals surface area contributed by atoms with Crippen molar-refractivity contribution in [2.75, 3.05) is 0 Å². The summed E-state index contributed by atoms with van der Waals surface area (Å²) in [5, 5.41) is 9.22. The molecule has 0 saturated heterocycles. The van der Waals surface area contributed by atoms with Gasteiger partial charge in [-0.2, -0.15) is 0 Å². The van der Waals surface area contributed by atoms with Crippen LogP contribution < -0.4 is 5.56 Å². The van der Waals surface area contributed by atoms with Crippen LogP contribution in [0.2, 0.25) is 5.02 Å². The highest BCUT2D eigenvalue weighted by molar-refractivity contribution is 6.31. The van der Waals surface area contributed by atoms with Crippen LogP contribution in [-0.4, -0.2) is 25.6 Å². The molecule has 0 radical (unpaired) electrons. The fourth-order valence-electron chi connectivity index (χ4n) is 1.39. The Balaban J connectivity index is 2.70. The van der Waals surface area contributed by atoms with Gasteiger partial charge in [0.15, 0.2) is 5.52 Å². The summed E-state index contributed by atoms with van der Waals surface area (Å²) >= 11 is 5.72. The van der Waals surface area contributed by atoms with Crippen molar-refractivity contribution in [3.8, 4) is 0 Å². The number of carboxylic acid groups (broad SMARTS) is 1. The molecule has 0 aliphatic carbocycles. The number of hydrogen-bond donors (Lipinski definition) is 1. The van der Waals surface area contributed by atoms with Crippen LogP contribution in [0.15, 0.2) is 23.4 Å². The number of hydrogen-bond acceptors (Lipinski definition) is 4. The van der Waals surface area contributed by atoms with Crippen LogP contribution in [0, 0.1) is 0 Å². The van der Waals surface area contributed by atoms with E-state index in [-0.39, 0.29) is 5.52 Å². The average molecular weight is 254 g/mol. The molecule has 0 aliphatic heterocycles. The molecular formula is C10H8ClN3O3. The number of pyridine rings is 1. The van der Waals surface area contributed by atoms with Gasteiger partial charge in [0.25, 0.3) is 5.56 Å². The van der Waals surface area contributed by atoms with Crippen LogP contribution in [-0.2, 0) is 4.79 Å². The minimum Gasteiger partial charge on any atom is -0.480 e. The highest BCUT2D eigenvalue weighted by Gasteiger charge is 2.16. The molecule has 6 nitrogen and oxygen atoms in total. The second-order valence-electron chi connectivity index (χ2n) is 3.49. The van der Waals surface area contributed by atoms with E-state index in [0.717, 1.165) is 4.57 Å². The van der Waals surface area contributed by atoms with Gasteiger partial charge in [0.05, 0.1) is 16.9 Å². The molecule has 0 saturated carbocycles. The van der Waals surface area contributed by atoms with E-state index in [9.17, 15) is 9.59 Å². The van der Waals surface area contributed by atoms with Crippen LogP contribution in [0.3, 0.4) is 0 Å². The Morgan fingerprint density at radius 2 is 2.24 bits per heavy atom. The van der Waals surface area contributed by atoms with Crippen LogP contribution in [0.5, 0.6) is 0 Å². The van der Waals surface area contributed by atoms with Gasteiger partial charge in [-0.1, -0.05) is 11.6 Å². The first kappa shape index (κ1) is 11.5. The Kier molecular flexibility index (Phi) is 2.81. The Morgan fingerprint density at radius 1 is 1.53 bits per heavy atom. The van der Waals surface area contributed by atoms with Crippen molar-refractivity contribution in [2.24, 2.45) is 0 Å². The molecule has 2 aromatic heterocycles. The standard InChI is InChI=1S/C10H8ClN3O3/c1-5(10(16)17)14-4-13-7-2-6(11)3-12-8(7)9(14)15/h2-5H,1H3,(H,16,17)/t5-/m1/s1. The van der Waals surface area contributed by atoms with Crippen molar-refractivity contribution >= 4 is 28.6 Å². The van der Waals surface area contributed by atoms with Crippen LogP contribution >= 0.6 is 11.6 Å². The molecule has 0 amide bonds. The molecule has 0 aliphatic rings. The molecule has 0 aromatic carbocycles. The van der Waals surface area contributed by atoms with Crippen molar-refractivity contribution in [1.29, 1.82) is 0 Å². The predicted octanol–water partition coefficient (Wildman–Crippen LogP) is 1.09. The minimum absolute atomic E-state index is 0.102. The Labute approximate surface area is 100 Å². The number of carbonyl (C=O) groups is 1. The van der Waals surface area contributed by atoms with E-state index in [1.54, 1.807) is 0 Å². The first-order valence-electron chi connectivity index (χ1n) is 4.76. The molecule has 17 heavy (non-hydrogen) atoms. The van der Waals surface area contributed by atoms with Crippen molar-refractivity contribution < 1.29 is 9.90 Å². The fraction of sp³-hybridized carbons (Fsp3) is 0.200. The molecule has 0 bridgehead atoms. The summed E-state index contributed by atoms with van der Waals surface area (Å²) in [6.07, 6.45) is 2.50. The van der Waals surface area contributed by atoms with Gasteiger partial charge in [-0.05, 0) is 13.0 Å². The van der Waals surface area contributed by atoms with E-state index in [2.05, 4.69) is 9.97 Å². The van der Waals surface area contributed by atoms with Crippen molar-refractivity contribution in [3.63, 3.8) is 0 Å². The van der Waals surface area contributed by atoms with Gasteiger partial charge in [0, 0.05) is 6.20 Å². The normalized spacial score (nSPS) is 12.6. The van der Waals surface area contributed by atoms with E-state index < -0.39 is 17.6 Å². The zero-order valence-corrected chi connectivity index (χ0v) is 9.55. The third-order valence-electron chi connectivity index (χ3n) is 2.37. The van der Waals surface area contributed by atoms with Crippen molar-refractivity contribution in [3.05, 3.63) is 34.0 Å². The summed E-state index contributed by atoms with van der Waals surface area (Å²) in [7, 11) is 0. The first-order chi connectivity index (χ1) is 8.00. The monoisotopic (exact) mass is 253 g/mol. The average Bonchev–Trinajstić information content (AvgIpc) is 2.28. The van der Waals surface area contributed by atoms with Crippen LogP contribution in [0.25, 0.3) is 11.0 Å². The van der Waals surface area contributed by atoms with Crippen molar-refractivity contribution in [1.82, 2.24) is 14.5 Å². The second-order valence-corrected chi connectivity index (χ2v) is 3.93. The molecule has 0 fully saturated rings. The first-order valence-corrected chi connectivity index (χ1v) is 5.13. The number of carboxylic acids is 1. The van der Waals surface area contributed by atoms with Crippen LogP contribution in [0.4, 0.5) is 0 Å². The minimum atomic E-state index is -1.11.